The zero-order valence-electron chi connectivity index (χ0n) is 59.0. The largest absolute Gasteiger partial charge is 0.545 e. The Bertz CT molecular complexity index is 1740. The molecule has 0 aliphatic rings. The van der Waals surface area contributed by atoms with Gasteiger partial charge in [-0.1, -0.05) is 330 Å². The van der Waals surface area contributed by atoms with Gasteiger partial charge in [-0.15, -0.1) is 0 Å². The highest BCUT2D eigenvalue weighted by Crippen LogP contribution is 2.18. The van der Waals surface area contributed by atoms with E-state index in [0.29, 0.717) is 23.9 Å². The SMILES string of the molecule is CC/C=C\C/C=C\C/C=C\C/C=C\C/C=C\CCCCCCCCCCCCCCCC(=O)OC(COC(=O)CCCCCCCCCCCCCCCCCCCCCCCCC/C=C\C/C=C\CCCCCCC)COC(OCC[N+](C)(C)C)C(=O)[O-]. The molecule has 0 aliphatic carbocycles. The number of hydrogen-bond donors (Lipinski definition) is 0. The summed E-state index contributed by atoms with van der Waals surface area (Å²) in [5, 5.41) is 11.8. The third kappa shape index (κ3) is 71.8. The van der Waals surface area contributed by atoms with Crippen molar-refractivity contribution in [1.29, 1.82) is 0 Å². The van der Waals surface area contributed by atoms with E-state index in [1.165, 1.54) is 238 Å². The fraction of sp³-hybridized carbons (Fsp3) is 0.787. The number of carboxylic acids is 1. The highest BCUT2D eigenvalue weighted by atomic mass is 16.7. The summed E-state index contributed by atoms with van der Waals surface area (Å²) in [5.74, 6) is -2.27. The van der Waals surface area contributed by atoms with Gasteiger partial charge in [-0.2, -0.15) is 0 Å². The van der Waals surface area contributed by atoms with Gasteiger partial charge >= 0.3 is 11.9 Å². The van der Waals surface area contributed by atoms with E-state index in [1.807, 2.05) is 21.1 Å². The van der Waals surface area contributed by atoms with Crippen LogP contribution in [0.25, 0.3) is 0 Å². The van der Waals surface area contributed by atoms with Gasteiger partial charge in [0.05, 0.1) is 40.3 Å². The summed E-state index contributed by atoms with van der Waals surface area (Å²) < 4.78 is 22.8. The van der Waals surface area contributed by atoms with Gasteiger partial charge in [-0.3, -0.25) is 9.59 Å². The van der Waals surface area contributed by atoms with Crippen molar-refractivity contribution >= 4 is 17.9 Å². The number of carboxylic acid groups (broad SMARTS) is 1. The molecule has 9 nitrogen and oxygen atoms in total. The predicted molar refractivity (Wildman–Crippen MR) is 380 cm³/mol. The summed E-state index contributed by atoms with van der Waals surface area (Å²) in [4.78, 5) is 37.6. The average Bonchev–Trinajstić information content (AvgIpc) is 3.71. The van der Waals surface area contributed by atoms with Crippen LogP contribution in [0.4, 0.5) is 0 Å². The molecule has 0 spiro atoms. The average molecular weight is 1250 g/mol. The molecular weight excluding hydrogens is 1100 g/mol. The molecule has 0 amide bonds. The quantitative estimate of drug-likeness (QED) is 0.0195. The number of unbranched alkanes of at least 4 members (excludes halogenated alkanes) is 41. The molecule has 0 aromatic heterocycles. The van der Waals surface area contributed by atoms with E-state index >= 15 is 0 Å². The van der Waals surface area contributed by atoms with Crippen molar-refractivity contribution in [2.45, 2.75) is 360 Å². The lowest BCUT2D eigenvalue weighted by Gasteiger charge is -2.26. The zero-order chi connectivity index (χ0) is 64.7. The zero-order valence-corrected chi connectivity index (χ0v) is 59.0. The van der Waals surface area contributed by atoms with E-state index < -0.39 is 24.3 Å². The summed E-state index contributed by atoms with van der Waals surface area (Å²) in [6, 6.07) is 0. The maximum atomic E-state index is 13.0. The van der Waals surface area contributed by atoms with Crippen LogP contribution in [0.2, 0.25) is 0 Å². The number of quaternary nitrogens is 1. The predicted octanol–water partition coefficient (Wildman–Crippen LogP) is 22.5. The summed E-state index contributed by atoms with van der Waals surface area (Å²) in [6.07, 6.45) is 92.6. The van der Waals surface area contributed by atoms with Gasteiger partial charge < -0.3 is 33.3 Å². The summed E-state index contributed by atoms with van der Waals surface area (Å²) in [5.41, 5.74) is 0. The smallest absolute Gasteiger partial charge is 0.306 e. The first kappa shape index (κ1) is 85.5. The third-order valence-corrected chi connectivity index (χ3v) is 16.6. The summed E-state index contributed by atoms with van der Waals surface area (Å²) >= 11 is 0. The highest BCUT2D eigenvalue weighted by molar-refractivity contribution is 5.70. The van der Waals surface area contributed by atoms with Crippen LogP contribution in [-0.2, 0) is 33.3 Å². The molecule has 0 rings (SSSR count). The van der Waals surface area contributed by atoms with Crippen molar-refractivity contribution in [1.82, 2.24) is 0 Å². The maximum absolute atomic E-state index is 13.0. The van der Waals surface area contributed by atoms with Gasteiger partial charge in [0.2, 0.25) is 0 Å². The molecule has 2 unspecified atom stereocenters. The topological polar surface area (TPSA) is 111 Å². The number of carbonyl (C=O) groups excluding carboxylic acids is 3. The molecule has 89 heavy (non-hydrogen) atoms. The van der Waals surface area contributed by atoms with Crippen molar-refractivity contribution in [3.63, 3.8) is 0 Å². The van der Waals surface area contributed by atoms with Gasteiger partial charge in [-0.05, 0) is 89.9 Å². The number of rotatable bonds is 70. The van der Waals surface area contributed by atoms with Gasteiger partial charge in [0.1, 0.15) is 13.2 Å². The second-order valence-corrected chi connectivity index (χ2v) is 26.6. The molecule has 0 aliphatic heterocycles. The van der Waals surface area contributed by atoms with Crippen LogP contribution in [-0.4, -0.2) is 82.3 Å². The number of esters is 2. The first-order valence-electron chi connectivity index (χ1n) is 37.7. The molecule has 2 atom stereocenters. The number of likely N-dealkylation sites (N-methyl/N-ethyl adjacent to an activating group) is 1. The molecule has 0 heterocycles. The molecule has 0 N–H and O–H groups in total. The fourth-order valence-corrected chi connectivity index (χ4v) is 10.9. The van der Waals surface area contributed by atoms with E-state index in [-0.39, 0.29) is 32.2 Å². The molecule has 0 aromatic rings. The standard InChI is InChI=1S/C80H143NO8/c1-6-8-10-12-14-16-18-20-22-24-26-28-30-32-34-36-37-38-39-40-41-43-44-46-48-50-52-54-56-58-60-62-64-66-68-70-77(82)87-74-76(75-88-80(79(84)85)86-73-72-81(3,4)5)89-78(83)71-69-67-65-63-61-59-57-55-53-51-49-47-45-42-35-33-31-29-27-25-23-21-19-17-15-13-11-9-7-2/h9,11,15,17-18,20-21,23-24,26-27,29,33,35,76,80H,6-8,10,12-14,16,19,22,25,28,30-32,34,36-75H2,1-5H3/b11-9-,17-15-,20-18-,23-21-,26-24-,29-27-,35-33-. The normalized spacial score (nSPS) is 13.1. The van der Waals surface area contributed by atoms with Crippen LogP contribution in [0.15, 0.2) is 85.1 Å². The van der Waals surface area contributed by atoms with E-state index in [1.54, 1.807) is 0 Å². The molecule has 516 valence electrons. The van der Waals surface area contributed by atoms with Gasteiger partial charge in [0, 0.05) is 12.8 Å². The van der Waals surface area contributed by atoms with E-state index in [0.717, 1.165) is 77.0 Å². The molecule has 0 radical (unpaired) electrons. The lowest BCUT2D eigenvalue weighted by molar-refractivity contribution is -0.870. The minimum Gasteiger partial charge on any atom is -0.545 e. The number of nitrogens with zero attached hydrogens (tertiary/aromatic N) is 1. The van der Waals surface area contributed by atoms with Crippen molar-refractivity contribution < 1.29 is 42.9 Å². The highest BCUT2D eigenvalue weighted by Gasteiger charge is 2.22. The Labute approximate surface area is 550 Å². The van der Waals surface area contributed by atoms with Crippen LogP contribution < -0.4 is 5.11 Å². The van der Waals surface area contributed by atoms with Crippen LogP contribution in [0.1, 0.15) is 348 Å². The second kappa shape index (κ2) is 70.3. The Morgan fingerprint density at radius 3 is 0.955 bits per heavy atom. The molecule has 0 aromatic carbocycles. The van der Waals surface area contributed by atoms with Crippen molar-refractivity contribution in [3.8, 4) is 0 Å². The minimum absolute atomic E-state index is 0.147. The lowest BCUT2D eigenvalue weighted by Crippen LogP contribution is -2.44. The number of allylic oxidation sites excluding steroid dienone is 14. The van der Waals surface area contributed by atoms with Crippen molar-refractivity contribution in [3.05, 3.63) is 85.1 Å². The Balaban J connectivity index is 4.03. The van der Waals surface area contributed by atoms with Gasteiger partial charge in [0.15, 0.2) is 12.4 Å². The van der Waals surface area contributed by atoms with Crippen molar-refractivity contribution in [2.75, 3.05) is 47.5 Å². The Hall–Kier alpha value is -3.53. The first-order valence-corrected chi connectivity index (χ1v) is 37.7. The molecule has 0 fully saturated rings. The first-order chi connectivity index (χ1) is 43.6. The third-order valence-electron chi connectivity index (χ3n) is 16.6. The van der Waals surface area contributed by atoms with Crippen LogP contribution in [0, 0.1) is 0 Å². The molecule has 0 saturated heterocycles. The maximum Gasteiger partial charge on any atom is 0.306 e. The monoisotopic (exact) mass is 1250 g/mol. The minimum atomic E-state index is -1.62. The number of hydrogen-bond acceptors (Lipinski definition) is 8. The van der Waals surface area contributed by atoms with Crippen molar-refractivity contribution in [2.24, 2.45) is 0 Å². The van der Waals surface area contributed by atoms with Gasteiger partial charge in [0.25, 0.3) is 0 Å². The number of aliphatic carboxylic acids is 1. The Morgan fingerprint density at radius 1 is 0.348 bits per heavy atom. The Morgan fingerprint density at radius 2 is 0.640 bits per heavy atom. The molecule has 0 bridgehead atoms. The van der Waals surface area contributed by atoms with Crippen LogP contribution in [0.3, 0.4) is 0 Å². The molecule has 0 saturated carbocycles. The fourth-order valence-electron chi connectivity index (χ4n) is 10.9. The van der Waals surface area contributed by atoms with Crippen LogP contribution in [0.5, 0.6) is 0 Å². The summed E-state index contributed by atoms with van der Waals surface area (Å²) in [6.45, 7) is 4.67. The van der Waals surface area contributed by atoms with Crippen LogP contribution >= 0.6 is 0 Å². The molecule has 9 heteroatoms. The summed E-state index contributed by atoms with van der Waals surface area (Å²) in [7, 11) is 5.94. The Kier molecular flexibility index (Phi) is 67.6. The second-order valence-electron chi connectivity index (χ2n) is 26.6. The van der Waals surface area contributed by atoms with Gasteiger partial charge in [-0.25, -0.2) is 0 Å². The van der Waals surface area contributed by atoms with E-state index in [2.05, 4.69) is 98.9 Å². The van der Waals surface area contributed by atoms with E-state index in [9.17, 15) is 19.5 Å². The lowest BCUT2D eigenvalue weighted by atomic mass is 10.0. The number of ether oxygens (including phenoxy) is 4. The molecular formula is C80H143NO8. The number of carbonyl (C=O) groups is 3. The van der Waals surface area contributed by atoms with E-state index in [4.69, 9.17) is 18.9 Å².